The zero-order valence-corrected chi connectivity index (χ0v) is 9.70. The third-order valence-electron chi connectivity index (χ3n) is 2.38. The summed E-state index contributed by atoms with van der Waals surface area (Å²) in [6, 6.07) is 6.72. The van der Waals surface area contributed by atoms with E-state index in [2.05, 4.69) is 0 Å². The van der Waals surface area contributed by atoms with Crippen LogP contribution < -0.4 is 0 Å². The van der Waals surface area contributed by atoms with Gasteiger partial charge in [0.2, 0.25) is 5.78 Å². The summed E-state index contributed by atoms with van der Waals surface area (Å²) >= 11 is 5.73. The van der Waals surface area contributed by atoms with Gasteiger partial charge in [0.15, 0.2) is 0 Å². The summed E-state index contributed by atoms with van der Waals surface area (Å²) in [4.78, 5) is 22.2. The van der Waals surface area contributed by atoms with Gasteiger partial charge < -0.3 is 5.11 Å². The van der Waals surface area contributed by atoms with E-state index in [4.69, 9.17) is 16.7 Å². The monoisotopic (exact) mass is 240 g/mol. The van der Waals surface area contributed by atoms with Crippen molar-refractivity contribution in [3.63, 3.8) is 0 Å². The van der Waals surface area contributed by atoms with Crippen LogP contribution in [-0.4, -0.2) is 16.9 Å². The van der Waals surface area contributed by atoms with E-state index in [-0.39, 0.29) is 0 Å². The first kappa shape index (κ1) is 12.7. The van der Waals surface area contributed by atoms with Crippen LogP contribution in [0.25, 0.3) is 0 Å². The molecule has 1 rings (SSSR count). The summed E-state index contributed by atoms with van der Waals surface area (Å²) in [6.07, 6.45) is 1.29. The predicted molar refractivity (Wildman–Crippen MR) is 61.7 cm³/mol. The van der Waals surface area contributed by atoms with Gasteiger partial charge in [0, 0.05) is 5.02 Å². The average molecular weight is 241 g/mol. The Morgan fingerprint density at radius 1 is 1.31 bits per heavy atom. The first-order valence-electron chi connectivity index (χ1n) is 5.08. The van der Waals surface area contributed by atoms with E-state index in [1.807, 2.05) is 6.92 Å². The molecule has 1 aromatic carbocycles. The van der Waals surface area contributed by atoms with E-state index in [1.165, 1.54) is 0 Å². The topological polar surface area (TPSA) is 54.4 Å². The number of benzene rings is 1. The maximum Gasteiger partial charge on any atom is 0.372 e. The van der Waals surface area contributed by atoms with Gasteiger partial charge in [-0.1, -0.05) is 37.1 Å². The van der Waals surface area contributed by atoms with Crippen LogP contribution in [0.5, 0.6) is 0 Å². The Morgan fingerprint density at radius 2 is 1.88 bits per heavy atom. The Hall–Kier alpha value is -1.35. The van der Waals surface area contributed by atoms with Gasteiger partial charge in [0.25, 0.3) is 0 Å². The molecule has 0 aliphatic heterocycles. The van der Waals surface area contributed by atoms with Crippen LogP contribution >= 0.6 is 11.6 Å². The number of aliphatic carboxylic acids is 1. The van der Waals surface area contributed by atoms with Crippen molar-refractivity contribution in [3.8, 4) is 0 Å². The standard InChI is InChI=1S/C12H13ClO3/c1-2-3-10(11(14)12(15)16)8-4-6-9(13)7-5-8/h4-7,10H,2-3H2,1H3,(H,15,16). The van der Waals surface area contributed by atoms with Crippen molar-refractivity contribution in [1.82, 2.24) is 0 Å². The van der Waals surface area contributed by atoms with E-state index in [0.29, 0.717) is 17.0 Å². The molecule has 0 saturated carbocycles. The quantitative estimate of drug-likeness (QED) is 0.806. The highest BCUT2D eigenvalue weighted by molar-refractivity contribution is 6.35. The van der Waals surface area contributed by atoms with Gasteiger partial charge in [-0.25, -0.2) is 4.79 Å². The Labute approximate surface area is 99.0 Å². The summed E-state index contributed by atoms with van der Waals surface area (Å²) in [7, 11) is 0. The van der Waals surface area contributed by atoms with Gasteiger partial charge in [0.1, 0.15) is 0 Å². The molecule has 1 aromatic rings. The molecular weight excluding hydrogens is 228 g/mol. The minimum Gasteiger partial charge on any atom is -0.475 e. The van der Waals surface area contributed by atoms with Gasteiger partial charge in [0.05, 0.1) is 5.92 Å². The Bertz CT molecular complexity index is 384. The van der Waals surface area contributed by atoms with Crippen LogP contribution in [0, 0.1) is 0 Å². The highest BCUT2D eigenvalue weighted by Crippen LogP contribution is 2.24. The second kappa shape index (κ2) is 5.66. The number of Topliss-reactive ketones (excluding diaryl/α,β-unsaturated/α-hetero) is 1. The van der Waals surface area contributed by atoms with Gasteiger partial charge in [-0.3, -0.25) is 4.79 Å². The van der Waals surface area contributed by atoms with E-state index in [0.717, 1.165) is 6.42 Å². The SMILES string of the molecule is CCCC(C(=O)C(=O)O)c1ccc(Cl)cc1. The normalized spacial score (nSPS) is 12.1. The number of ketones is 1. The van der Waals surface area contributed by atoms with E-state index in [1.54, 1.807) is 24.3 Å². The lowest BCUT2D eigenvalue weighted by Gasteiger charge is -2.12. The molecule has 0 radical (unpaired) electrons. The lowest BCUT2D eigenvalue weighted by atomic mass is 9.90. The molecule has 0 heterocycles. The summed E-state index contributed by atoms with van der Waals surface area (Å²) in [5.41, 5.74) is 0.707. The number of hydrogen-bond donors (Lipinski definition) is 1. The first-order valence-corrected chi connectivity index (χ1v) is 5.46. The highest BCUT2D eigenvalue weighted by atomic mass is 35.5. The fourth-order valence-corrected chi connectivity index (χ4v) is 1.71. The smallest absolute Gasteiger partial charge is 0.372 e. The molecular formula is C12H13ClO3. The van der Waals surface area contributed by atoms with E-state index in [9.17, 15) is 9.59 Å². The third kappa shape index (κ3) is 3.07. The molecule has 0 bridgehead atoms. The average Bonchev–Trinajstić information content (AvgIpc) is 2.26. The number of carboxylic acid groups (broad SMARTS) is 1. The maximum atomic E-state index is 11.5. The van der Waals surface area contributed by atoms with Crippen molar-refractivity contribution in [1.29, 1.82) is 0 Å². The number of carboxylic acids is 1. The number of halogens is 1. The number of carbonyl (C=O) groups excluding carboxylic acids is 1. The molecule has 4 heteroatoms. The summed E-state index contributed by atoms with van der Waals surface area (Å²) in [6.45, 7) is 1.91. The summed E-state index contributed by atoms with van der Waals surface area (Å²) in [5.74, 6) is -2.71. The summed E-state index contributed by atoms with van der Waals surface area (Å²) < 4.78 is 0. The van der Waals surface area contributed by atoms with Crippen molar-refractivity contribution >= 4 is 23.4 Å². The van der Waals surface area contributed by atoms with Crippen LogP contribution in [0.1, 0.15) is 31.2 Å². The Kier molecular flexibility index (Phi) is 4.50. The Morgan fingerprint density at radius 3 is 2.31 bits per heavy atom. The first-order chi connectivity index (χ1) is 7.56. The molecule has 0 aromatic heterocycles. The molecule has 0 aliphatic rings. The van der Waals surface area contributed by atoms with Crippen molar-refractivity contribution in [2.24, 2.45) is 0 Å². The van der Waals surface area contributed by atoms with Gasteiger partial charge in [-0.15, -0.1) is 0 Å². The van der Waals surface area contributed by atoms with Gasteiger partial charge >= 0.3 is 5.97 Å². The second-order valence-corrected chi connectivity index (χ2v) is 4.00. The fraction of sp³-hybridized carbons (Fsp3) is 0.333. The molecule has 0 saturated heterocycles. The molecule has 1 atom stereocenters. The largest absolute Gasteiger partial charge is 0.475 e. The third-order valence-corrected chi connectivity index (χ3v) is 2.63. The second-order valence-electron chi connectivity index (χ2n) is 3.56. The van der Waals surface area contributed by atoms with Crippen LogP contribution in [0.4, 0.5) is 0 Å². The molecule has 0 spiro atoms. The maximum absolute atomic E-state index is 11.5. The summed E-state index contributed by atoms with van der Waals surface area (Å²) in [5, 5.41) is 9.29. The lowest BCUT2D eigenvalue weighted by molar-refractivity contribution is -0.149. The van der Waals surface area contributed by atoms with E-state index < -0.39 is 17.7 Å². The fourth-order valence-electron chi connectivity index (χ4n) is 1.58. The zero-order valence-electron chi connectivity index (χ0n) is 8.94. The van der Waals surface area contributed by atoms with Crippen LogP contribution in [-0.2, 0) is 9.59 Å². The van der Waals surface area contributed by atoms with Gasteiger partial charge in [-0.05, 0) is 24.1 Å². The molecule has 0 aliphatic carbocycles. The van der Waals surface area contributed by atoms with Crippen LogP contribution in [0.15, 0.2) is 24.3 Å². The lowest BCUT2D eigenvalue weighted by Crippen LogP contribution is -2.21. The molecule has 0 amide bonds. The highest BCUT2D eigenvalue weighted by Gasteiger charge is 2.25. The van der Waals surface area contributed by atoms with Gasteiger partial charge in [-0.2, -0.15) is 0 Å². The molecule has 3 nitrogen and oxygen atoms in total. The molecule has 16 heavy (non-hydrogen) atoms. The van der Waals surface area contributed by atoms with Crippen molar-refractivity contribution in [3.05, 3.63) is 34.9 Å². The Balaban J connectivity index is 2.97. The minimum atomic E-state index is -1.38. The van der Waals surface area contributed by atoms with Crippen molar-refractivity contribution in [2.75, 3.05) is 0 Å². The molecule has 0 fully saturated rings. The van der Waals surface area contributed by atoms with Crippen LogP contribution in [0.3, 0.4) is 0 Å². The van der Waals surface area contributed by atoms with E-state index >= 15 is 0 Å². The molecule has 1 unspecified atom stereocenters. The van der Waals surface area contributed by atoms with Crippen molar-refractivity contribution in [2.45, 2.75) is 25.7 Å². The predicted octanol–water partition coefficient (Wildman–Crippen LogP) is 2.88. The zero-order chi connectivity index (χ0) is 12.1. The minimum absolute atomic E-state index is 0.534. The van der Waals surface area contributed by atoms with Crippen LogP contribution in [0.2, 0.25) is 5.02 Å². The van der Waals surface area contributed by atoms with Crippen molar-refractivity contribution < 1.29 is 14.7 Å². The number of rotatable bonds is 5. The molecule has 86 valence electrons. The number of hydrogen-bond acceptors (Lipinski definition) is 2. The molecule has 1 N–H and O–H groups in total. The number of carbonyl (C=O) groups is 2.